The quantitative estimate of drug-likeness (QED) is 0.918. The molecule has 2 rings (SSSR count). The van der Waals surface area contributed by atoms with Gasteiger partial charge in [0, 0.05) is 6.54 Å². The van der Waals surface area contributed by atoms with Gasteiger partial charge in [0.15, 0.2) is 0 Å². The average Bonchev–Trinajstić information content (AvgIpc) is 2.66. The van der Waals surface area contributed by atoms with Gasteiger partial charge in [-0.15, -0.1) is 0 Å². The second-order valence-electron chi connectivity index (χ2n) is 5.32. The normalized spacial score (nSPS) is 19.6. The summed E-state index contributed by atoms with van der Waals surface area (Å²) in [6.45, 7) is 1.98. The summed E-state index contributed by atoms with van der Waals surface area (Å²) in [6.07, 6.45) is -1.10. The van der Waals surface area contributed by atoms with E-state index in [4.69, 9.17) is 0 Å². The molecule has 1 fully saturated rings. The molecule has 0 aromatic heterocycles. The van der Waals surface area contributed by atoms with Crippen LogP contribution in [0, 0.1) is 0 Å². The third-order valence-electron chi connectivity index (χ3n) is 3.76. The Morgan fingerprint density at radius 3 is 2.25 bits per heavy atom. The van der Waals surface area contributed by atoms with Crippen molar-refractivity contribution in [2.24, 2.45) is 0 Å². The Balaban J connectivity index is 2.10. The zero-order valence-electron chi connectivity index (χ0n) is 11.4. The number of likely N-dealkylation sites (tertiary alicyclic amines) is 1. The molecule has 1 N–H and O–H groups in total. The lowest BCUT2D eigenvalue weighted by molar-refractivity contribution is -0.139. The number of benzene rings is 1. The molecule has 1 aromatic carbocycles. The zero-order chi connectivity index (χ0) is 14.6. The van der Waals surface area contributed by atoms with Crippen LogP contribution < -0.4 is 0 Å². The molecule has 1 aromatic rings. The summed E-state index contributed by atoms with van der Waals surface area (Å²) in [5, 5.41) is 10.2. The summed E-state index contributed by atoms with van der Waals surface area (Å²) in [4.78, 5) is 2.06. The third kappa shape index (κ3) is 3.96. The Morgan fingerprint density at radius 1 is 1.05 bits per heavy atom. The molecular formula is C15H20F3NO. The standard InChI is InChI=1S/C15H20F3NO/c16-15(17,18)13-8-4-3-7-12(13)14(20)11-19-9-5-1-2-6-10-19/h3-4,7-8,14,20H,1-2,5-6,9-11H2. The van der Waals surface area contributed by atoms with Crippen LogP contribution in [-0.4, -0.2) is 29.6 Å². The summed E-state index contributed by atoms with van der Waals surface area (Å²) in [6, 6.07) is 5.29. The van der Waals surface area contributed by atoms with Crippen LogP contribution in [0.5, 0.6) is 0 Å². The highest BCUT2D eigenvalue weighted by molar-refractivity contribution is 5.31. The molecular weight excluding hydrogens is 267 g/mol. The van der Waals surface area contributed by atoms with Gasteiger partial charge in [-0.05, 0) is 37.6 Å². The minimum absolute atomic E-state index is 0.0238. The number of β-amino-alcohol motifs (C(OH)–C–C–N with tert-alkyl or cyclic N) is 1. The molecule has 0 bridgehead atoms. The van der Waals surface area contributed by atoms with Gasteiger partial charge in [0.1, 0.15) is 0 Å². The molecule has 1 aliphatic rings. The van der Waals surface area contributed by atoms with Crippen molar-refractivity contribution in [2.45, 2.75) is 38.0 Å². The lowest BCUT2D eigenvalue weighted by Gasteiger charge is -2.25. The average molecular weight is 287 g/mol. The van der Waals surface area contributed by atoms with Crippen molar-refractivity contribution in [3.8, 4) is 0 Å². The molecule has 112 valence electrons. The number of rotatable bonds is 3. The molecule has 1 aliphatic heterocycles. The fourth-order valence-corrected chi connectivity index (χ4v) is 2.71. The molecule has 1 unspecified atom stereocenters. The highest BCUT2D eigenvalue weighted by Crippen LogP contribution is 2.34. The van der Waals surface area contributed by atoms with Crippen LogP contribution in [-0.2, 0) is 6.18 Å². The SMILES string of the molecule is OC(CN1CCCCCC1)c1ccccc1C(F)(F)F. The summed E-state index contributed by atoms with van der Waals surface area (Å²) in [5.41, 5.74) is -0.758. The monoisotopic (exact) mass is 287 g/mol. The number of halogens is 3. The first-order chi connectivity index (χ1) is 9.48. The minimum Gasteiger partial charge on any atom is -0.387 e. The highest BCUT2D eigenvalue weighted by atomic mass is 19.4. The van der Waals surface area contributed by atoms with Gasteiger partial charge in [0.25, 0.3) is 0 Å². The van der Waals surface area contributed by atoms with Crippen LogP contribution in [0.25, 0.3) is 0 Å². The van der Waals surface area contributed by atoms with E-state index in [0.29, 0.717) is 0 Å². The first-order valence-electron chi connectivity index (χ1n) is 7.05. The van der Waals surface area contributed by atoms with Crippen molar-refractivity contribution < 1.29 is 18.3 Å². The fraction of sp³-hybridized carbons (Fsp3) is 0.600. The van der Waals surface area contributed by atoms with Gasteiger partial charge < -0.3 is 10.0 Å². The molecule has 2 nitrogen and oxygen atoms in total. The van der Waals surface area contributed by atoms with Crippen LogP contribution in [0.1, 0.15) is 42.9 Å². The van der Waals surface area contributed by atoms with Crippen LogP contribution in [0.15, 0.2) is 24.3 Å². The summed E-state index contributed by atoms with van der Waals surface area (Å²) < 4.78 is 38.8. The van der Waals surface area contributed by atoms with Gasteiger partial charge in [-0.2, -0.15) is 13.2 Å². The van der Waals surface area contributed by atoms with Crippen molar-refractivity contribution >= 4 is 0 Å². The molecule has 1 saturated heterocycles. The van der Waals surface area contributed by atoms with Crippen molar-refractivity contribution in [2.75, 3.05) is 19.6 Å². The Hall–Kier alpha value is -1.07. The van der Waals surface area contributed by atoms with Crippen molar-refractivity contribution in [3.05, 3.63) is 35.4 Å². The number of hydrogen-bond donors (Lipinski definition) is 1. The maximum atomic E-state index is 12.9. The number of hydrogen-bond acceptors (Lipinski definition) is 2. The van der Waals surface area contributed by atoms with Crippen LogP contribution >= 0.6 is 0 Å². The summed E-state index contributed by atoms with van der Waals surface area (Å²) in [7, 11) is 0. The van der Waals surface area contributed by atoms with E-state index in [9.17, 15) is 18.3 Å². The Kier molecular flexibility index (Phi) is 5.05. The van der Waals surface area contributed by atoms with Gasteiger partial charge in [-0.1, -0.05) is 31.0 Å². The summed E-state index contributed by atoms with van der Waals surface area (Å²) in [5.74, 6) is 0. The predicted octanol–water partition coefficient (Wildman–Crippen LogP) is 3.61. The second-order valence-corrected chi connectivity index (χ2v) is 5.32. The van der Waals surface area contributed by atoms with E-state index in [1.54, 1.807) is 0 Å². The maximum absolute atomic E-state index is 12.9. The lowest BCUT2D eigenvalue weighted by Crippen LogP contribution is -2.30. The first kappa shape index (κ1) is 15.3. The van der Waals surface area contributed by atoms with E-state index < -0.39 is 17.8 Å². The molecule has 5 heteroatoms. The van der Waals surface area contributed by atoms with E-state index in [2.05, 4.69) is 4.90 Å². The van der Waals surface area contributed by atoms with E-state index in [1.165, 1.54) is 18.2 Å². The fourth-order valence-electron chi connectivity index (χ4n) is 2.71. The Labute approximate surface area is 117 Å². The molecule has 0 radical (unpaired) electrons. The van der Waals surface area contributed by atoms with Crippen LogP contribution in [0.3, 0.4) is 0 Å². The van der Waals surface area contributed by atoms with E-state index in [-0.39, 0.29) is 12.1 Å². The van der Waals surface area contributed by atoms with E-state index >= 15 is 0 Å². The minimum atomic E-state index is -4.42. The van der Waals surface area contributed by atoms with Gasteiger partial charge in [0.05, 0.1) is 11.7 Å². The largest absolute Gasteiger partial charge is 0.416 e. The molecule has 0 amide bonds. The van der Waals surface area contributed by atoms with E-state index in [1.807, 2.05) is 0 Å². The summed E-state index contributed by atoms with van der Waals surface area (Å²) >= 11 is 0. The Bertz CT molecular complexity index is 425. The van der Waals surface area contributed by atoms with Gasteiger partial charge in [-0.3, -0.25) is 0 Å². The topological polar surface area (TPSA) is 23.5 Å². The Morgan fingerprint density at radius 2 is 1.65 bits per heavy atom. The number of aliphatic hydroxyl groups is 1. The molecule has 1 heterocycles. The zero-order valence-corrected chi connectivity index (χ0v) is 11.4. The van der Waals surface area contributed by atoms with Crippen LogP contribution in [0.2, 0.25) is 0 Å². The molecule has 20 heavy (non-hydrogen) atoms. The van der Waals surface area contributed by atoms with Crippen LogP contribution in [0.4, 0.5) is 13.2 Å². The maximum Gasteiger partial charge on any atom is 0.416 e. The number of alkyl halides is 3. The van der Waals surface area contributed by atoms with Gasteiger partial charge in [-0.25, -0.2) is 0 Å². The number of aliphatic hydroxyl groups excluding tert-OH is 1. The first-order valence-corrected chi connectivity index (χ1v) is 7.05. The molecule has 1 atom stereocenters. The van der Waals surface area contributed by atoms with Gasteiger partial charge >= 0.3 is 6.18 Å². The molecule has 0 saturated carbocycles. The second kappa shape index (κ2) is 6.59. The smallest absolute Gasteiger partial charge is 0.387 e. The van der Waals surface area contributed by atoms with Crippen molar-refractivity contribution in [1.29, 1.82) is 0 Å². The lowest BCUT2D eigenvalue weighted by atomic mass is 10.0. The van der Waals surface area contributed by atoms with E-state index in [0.717, 1.165) is 44.8 Å². The van der Waals surface area contributed by atoms with Crippen molar-refractivity contribution in [1.82, 2.24) is 4.90 Å². The van der Waals surface area contributed by atoms with Crippen molar-refractivity contribution in [3.63, 3.8) is 0 Å². The highest BCUT2D eigenvalue weighted by Gasteiger charge is 2.34. The van der Waals surface area contributed by atoms with Gasteiger partial charge in [0.2, 0.25) is 0 Å². The number of nitrogens with zero attached hydrogens (tertiary/aromatic N) is 1. The predicted molar refractivity (Wildman–Crippen MR) is 71.3 cm³/mol. The molecule has 0 spiro atoms. The third-order valence-corrected chi connectivity index (χ3v) is 3.76. The molecule has 0 aliphatic carbocycles.